The van der Waals surface area contributed by atoms with Crippen LogP contribution in [0.4, 0.5) is 5.13 Å². The van der Waals surface area contributed by atoms with Crippen LogP contribution >= 0.6 is 11.3 Å². The van der Waals surface area contributed by atoms with Crippen LogP contribution in [-0.4, -0.2) is 16.1 Å². The van der Waals surface area contributed by atoms with Crippen LogP contribution in [0.15, 0.2) is 24.3 Å². The molecule has 18 heavy (non-hydrogen) atoms. The van der Waals surface area contributed by atoms with Crippen molar-refractivity contribution in [1.82, 2.24) is 4.98 Å². The average Bonchev–Trinajstić information content (AvgIpc) is 2.70. The zero-order valence-corrected chi connectivity index (χ0v) is 10.8. The highest BCUT2D eigenvalue weighted by Crippen LogP contribution is 2.21. The SMILES string of the molecule is Cc1ccc(CCc2nc(N)sc2C(=O)O)cc1. The predicted molar refractivity (Wildman–Crippen MR) is 72.1 cm³/mol. The molecule has 0 radical (unpaired) electrons. The van der Waals surface area contributed by atoms with E-state index in [0.29, 0.717) is 17.2 Å². The Hall–Kier alpha value is -1.88. The van der Waals surface area contributed by atoms with Crippen molar-refractivity contribution in [2.24, 2.45) is 0 Å². The highest BCUT2D eigenvalue weighted by atomic mass is 32.1. The number of nitrogens with two attached hydrogens (primary N) is 1. The Morgan fingerprint density at radius 2 is 2.00 bits per heavy atom. The summed E-state index contributed by atoms with van der Waals surface area (Å²) in [5.74, 6) is -0.955. The first kappa shape index (κ1) is 12.6. The summed E-state index contributed by atoms with van der Waals surface area (Å²) in [5, 5.41) is 9.34. The molecule has 0 aliphatic carbocycles. The number of anilines is 1. The minimum Gasteiger partial charge on any atom is -0.477 e. The van der Waals surface area contributed by atoms with Gasteiger partial charge in [-0.15, -0.1) is 0 Å². The fraction of sp³-hybridized carbons (Fsp3) is 0.231. The molecule has 0 amide bonds. The number of thiazole rings is 1. The van der Waals surface area contributed by atoms with Gasteiger partial charge >= 0.3 is 5.97 Å². The van der Waals surface area contributed by atoms with Gasteiger partial charge in [0.15, 0.2) is 5.13 Å². The van der Waals surface area contributed by atoms with E-state index < -0.39 is 5.97 Å². The molecule has 0 aliphatic heterocycles. The van der Waals surface area contributed by atoms with Gasteiger partial charge < -0.3 is 10.8 Å². The van der Waals surface area contributed by atoms with Crippen LogP contribution in [0.25, 0.3) is 0 Å². The molecule has 94 valence electrons. The average molecular weight is 262 g/mol. The Morgan fingerprint density at radius 3 is 2.61 bits per heavy atom. The first-order valence-corrected chi connectivity index (χ1v) is 6.42. The zero-order valence-electron chi connectivity index (χ0n) is 10.0. The van der Waals surface area contributed by atoms with E-state index in [-0.39, 0.29) is 4.88 Å². The van der Waals surface area contributed by atoms with Gasteiger partial charge in [-0.3, -0.25) is 0 Å². The standard InChI is InChI=1S/C13H14N2O2S/c1-8-2-4-9(5-3-8)6-7-10-11(12(16)17)18-13(14)15-10/h2-5H,6-7H2,1H3,(H2,14,15)(H,16,17). The molecule has 1 heterocycles. The van der Waals surface area contributed by atoms with E-state index in [1.165, 1.54) is 11.1 Å². The van der Waals surface area contributed by atoms with Crippen molar-refractivity contribution in [2.75, 3.05) is 5.73 Å². The number of hydrogen-bond acceptors (Lipinski definition) is 4. The summed E-state index contributed by atoms with van der Waals surface area (Å²) in [4.78, 5) is 15.3. The van der Waals surface area contributed by atoms with Crippen molar-refractivity contribution in [2.45, 2.75) is 19.8 Å². The largest absolute Gasteiger partial charge is 0.477 e. The van der Waals surface area contributed by atoms with Gasteiger partial charge in [0.1, 0.15) is 4.88 Å². The number of aromatic carboxylic acids is 1. The Labute approximate surface area is 109 Å². The lowest BCUT2D eigenvalue weighted by Crippen LogP contribution is -2.01. The molecule has 0 saturated carbocycles. The number of carboxylic acids is 1. The van der Waals surface area contributed by atoms with Gasteiger partial charge in [-0.2, -0.15) is 0 Å². The lowest BCUT2D eigenvalue weighted by atomic mass is 10.1. The second-order valence-electron chi connectivity index (χ2n) is 4.12. The number of carbonyl (C=O) groups is 1. The second-order valence-corrected chi connectivity index (χ2v) is 5.15. The van der Waals surface area contributed by atoms with E-state index in [1.54, 1.807) is 0 Å². The van der Waals surface area contributed by atoms with Gasteiger partial charge in [0, 0.05) is 0 Å². The summed E-state index contributed by atoms with van der Waals surface area (Å²) in [6, 6.07) is 8.18. The van der Waals surface area contributed by atoms with Gasteiger partial charge in [0.05, 0.1) is 5.69 Å². The molecule has 2 rings (SSSR count). The fourth-order valence-electron chi connectivity index (χ4n) is 1.72. The fourth-order valence-corrected chi connectivity index (χ4v) is 2.44. The van der Waals surface area contributed by atoms with E-state index in [0.717, 1.165) is 17.8 Å². The van der Waals surface area contributed by atoms with Crippen LogP contribution < -0.4 is 5.73 Å². The third-order valence-electron chi connectivity index (χ3n) is 2.68. The van der Waals surface area contributed by atoms with Crippen LogP contribution in [0.3, 0.4) is 0 Å². The smallest absolute Gasteiger partial charge is 0.347 e. The van der Waals surface area contributed by atoms with Gasteiger partial charge in [-0.05, 0) is 25.3 Å². The van der Waals surface area contributed by atoms with Crippen LogP contribution in [0.1, 0.15) is 26.5 Å². The van der Waals surface area contributed by atoms with Gasteiger partial charge in [-0.1, -0.05) is 41.2 Å². The number of rotatable bonds is 4. The molecule has 1 aromatic carbocycles. The molecule has 0 unspecified atom stereocenters. The topological polar surface area (TPSA) is 76.2 Å². The van der Waals surface area contributed by atoms with E-state index in [4.69, 9.17) is 10.8 Å². The zero-order chi connectivity index (χ0) is 13.1. The van der Waals surface area contributed by atoms with Crippen molar-refractivity contribution in [1.29, 1.82) is 0 Å². The first-order valence-electron chi connectivity index (χ1n) is 5.60. The Morgan fingerprint density at radius 1 is 1.33 bits per heavy atom. The van der Waals surface area contributed by atoms with Crippen LogP contribution in [0, 0.1) is 6.92 Å². The van der Waals surface area contributed by atoms with Crippen LogP contribution in [-0.2, 0) is 12.8 Å². The summed E-state index contributed by atoms with van der Waals surface area (Å²) in [6.45, 7) is 2.04. The van der Waals surface area contributed by atoms with E-state index in [9.17, 15) is 4.79 Å². The van der Waals surface area contributed by atoms with E-state index in [2.05, 4.69) is 4.98 Å². The molecule has 0 bridgehead atoms. The molecule has 0 saturated heterocycles. The molecule has 4 nitrogen and oxygen atoms in total. The van der Waals surface area contributed by atoms with E-state index in [1.807, 2.05) is 31.2 Å². The maximum absolute atomic E-state index is 11.0. The highest BCUT2D eigenvalue weighted by Gasteiger charge is 2.15. The van der Waals surface area contributed by atoms with E-state index >= 15 is 0 Å². The summed E-state index contributed by atoms with van der Waals surface area (Å²) in [7, 11) is 0. The van der Waals surface area contributed by atoms with Gasteiger partial charge in [0.25, 0.3) is 0 Å². The molecule has 0 fully saturated rings. The molecule has 1 aromatic heterocycles. The third-order valence-corrected chi connectivity index (χ3v) is 3.59. The summed E-state index contributed by atoms with van der Waals surface area (Å²) >= 11 is 1.03. The summed E-state index contributed by atoms with van der Waals surface area (Å²) in [5.41, 5.74) is 8.51. The minimum atomic E-state index is -0.955. The lowest BCUT2D eigenvalue weighted by Gasteiger charge is -2.01. The number of nitrogen functional groups attached to an aromatic ring is 1. The molecule has 2 aromatic rings. The van der Waals surface area contributed by atoms with Gasteiger partial charge in [0.2, 0.25) is 0 Å². The maximum Gasteiger partial charge on any atom is 0.347 e. The summed E-state index contributed by atoms with van der Waals surface area (Å²) < 4.78 is 0. The molecular weight excluding hydrogens is 248 g/mol. The number of aryl methyl sites for hydroxylation is 3. The Kier molecular flexibility index (Phi) is 3.62. The number of carboxylic acid groups (broad SMARTS) is 1. The molecule has 0 aliphatic rings. The quantitative estimate of drug-likeness (QED) is 0.887. The predicted octanol–water partition coefficient (Wildman–Crippen LogP) is 2.52. The number of nitrogens with zero attached hydrogens (tertiary/aromatic N) is 1. The van der Waals surface area contributed by atoms with Crippen LogP contribution in [0.5, 0.6) is 0 Å². The minimum absolute atomic E-state index is 0.250. The first-order chi connectivity index (χ1) is 8.56. The van der Waals surface area contributed by atoms with Crippen molar-refractivity contribution in [3.8, 4) is 0 Å². The Balaban J connectivity index is 2.10. The maximum atomic E-state index is 11.0. The lowest BCUT2D eigenvalue weighted by molar-refractivity contribution is 0.0700. The monoisotopic (exact) mass is 262 g/mol. The highest BCUT2D eigenvalue weighted by molar-refractivity contribution is 7.17. The van der Waals surface area contributed by atoms with Crippen LogP contribution in [0.2, 0.25) is 0 Å². The molecule has 5 heteroatoms. The summed E-state index contributed by atoms with van der Waals surface area (Å²) in [6.07, 6.45) is 1.36. The molecular formula is C13H14N2O2S. The van der Waals surface area contributed by atoms with Crippen molar-refractivity contribution >= 4 is 22.4 Å². The molecule has 0 atom stereocenters. The Bertz CT molecular complexity index is 561. The number of benzene rings is 1. The molecule has 0 spiro atoms. The van der Waals surface area contributed by atoms with Crippen molar-refractivity contribution < 1.29 is 9.90 Å². The second kappa shape index (κ2) is 5.18. The van der Waals surface area contributed by atoms with Crippen molar-refractivity contribution in [3.05, 3.63) is 46.0 Å². The third kappa shape index (κ3) is 2.87. The number of aromatic nitrogens is 1. The number of hydrogen-bond donors (Lipinski definition) is 2. The van der Waals surface area contributed by atoms with Crippen molar-refractivity contribution in [3.63, 3.8) is 0 Å². The van der Waals surface area contributed by atoms with Gasteiger partial charge in [-0.25, -0.2) is 9.78 Å². The molecule has 3 N–H and O–H groups in total. The normalized spacial score (nSPS) is 10.5.